The molecule has 0 bridgehead atoms. The quantitative estimate of drug-likeness (QED) is 0.740. The third-order valence-corrected chi connectivity index (χ3v) is 2.17. The highest BCUT2D eigenvalue weighted by Crippen LogP contribution is 2.16. The van der Waals surface area contributed by atoms with Gasteiger partial charge in [0.2, 0.25) is 0 Å². The lowest BCUT2D eigenvalue weighted by Gasteiger charge is -2.04. The van der Waals surface area contributed by atoms with Crippen molar-refractivity contribution in [1.82, 2.24) is 15.0 Å². The van der Waals surface area contributed by atoms with E-state index < -0.39 is 11.6 Å². The Bertz CT molecular complexity index is 484. The highest BCUT2D eigenvalue weighted by atomic mass is 35.5. The van der Waals surface area contributed by atoms with Gasteiger partial charge in [-0.1, -0.05) is 5.21 Å². The first-order valence-corrected chi connectivity index (χ1v) is 4.67. The molecule has 0 saturated carbocycles. The van der Waals surface area contributed by atoms with Gasteiger partial charge in [0.25, 0.3) is 0 Å². The zero-order valence-corrected chi connectivity index (χ0v) is 8.25. The normalized spacial score (nSPS) is 10.6. The van der Waals surface area contributed by atoms with Gasteiger partial charge in [0, 0.05) is 6.07 Å². The van der Waals surface area contributed by atoms with Crippen LogP contribution in [0.5, 0.6) is 0 Å². The molecule has 0 saturated heterocycles. The summed E-state index contributed by atoms with van der Waals surface area (Å²) in [4.78, 5) is 0. The molecule has 0 aliphatic heterocycles. The third kappa shape index (κ3) is 1.83. The molecule has 15 heavy (non-hydrogen) atoms. The molecule has 1 aromatic heterocycles. The minimum absolute atomic E-state index is 0.00292. The third-order valence-electron chi connectivity index (χ3n) is 1.89. The lowest BCUT2D eigenvalue weighted by Crippen LogP contribution is -2.04. The van der Waals surface area contributed by atoms with E-state index in [4.69, 9.17) is 11.6 Å². The molecule has 0 atom stereocenters. The van der Waals surface area contributed by atoms with Crippen molar-refractivity contribution in [1.29, 1.82) is 0 Å². The van der Waals surface area contributed by atoms with Crippen molar-refractivity contribution in [3.05, 3.63) is 41.7 Å². The molecule has 0 spiro atoms. The van der Waals surface area contributed by atoms with Gasteiger partial charge in [-0.05, 0) is 12.1 Å². The van der Waals surface area contributed by atoms with Crippen molar-refractivity contribution in [2.24, 2.45) is 0 Å². The van der Waals surface area contributed by atoms with Crippen molar-refractivity contribution in [2.75, 3.05) is 0 Å². The van der Waals surface area contributed by atoms with E-state index >= 15 is 0 Å². The van der Waals surface area contributed by atoms with Gasteiger partial charge in [0.05, 0.1) is 17.8 Å². The summed E-state index contributed by atoms with van der Waals surface area (Å²) in [7, 11) is 0. The largest absolute Gasteiger partial charge is 0.213 e. The predicted octanol–water partition coefficient (Wildman–Crippen LogP) is 2.28. The number of halogens is 3. The van der Waals surface area contributed by atoms with E-state index in [0.29, 0.717) is 5.69 Å². The van der Waals surface area contributed by atoms with Crippen LogP contribution >= 0.6 is 11.6 Å². The average Bonchev–Trinajstić information content (AvgIpc) is 2.69. The van der Waals surface area contributed by atoms with Crippen molar-refractivity contribution in [2.45, 2.75) is 5.88 Å². The molecule has 0 amide bonds. The first-order valence-electron chi connectivity index (χ1n) is 4.13. The molecule has 0 unspecified atom stereocenters. The van der Waals surface area contributed by atoms with E-state index in [1.54, 1.807) is 0 Å². The summed E-state index contributed by atoms with van der Waals surface area (Å²) in [6.07, 6.45) is 1.40. The molecule has 78 valence electrons. The molecule has 0 aliphatic rings. The summed E-state index contributed by atoms with van der Waals surface area (Å²) >= 11 is 5.60. The van der Waals surface area contributed by atoms with Gasteiger partial charge in [0.15, 0.2) is 0 Å². The minimum atomic E-state index is -0.576. The topological polar surface area (TPSA) is 30.7 Å². The fourth-order valence-electron chi connectivity index (χ4n) is 1.20. The van der Waals surface area contributed by atoms with Crippen LogP contribution in [0.25, 0.3) is 5.69 Å². The van der Waals surface area contributed by atoms with Gasteiger partial charge in [-0.25, -0.2) is 13.5 Å². The monoisotopic (exact) mass is 229 g/mol. The zero-order chi connectivity index (χ0) is 10.8. The Kier molecular flexibility index (Phi) is 2.64. The van der Waals surface area contributed by atoms with Crippen LogP contribution in [0.2, 0.25) is 0 Å². The van der Waals surface area contributed by atoms with E-state index in [2.05, 4.69) is 10.3 Å². The molecular formula is C9H6ClF2N3. The number of benzene rings is 1. The lowest BCUT2D eigenvalue weighted by molar-refractivity contribution is 0.582. The number of nitrogens with zero attached hydrogens (tertiary/aromatic N) is 3. The van der Waals surface area contributed by atoms with Gasteiger partial charge >= 0.3 is 0 Å². The van der Waals surface area contributed by atoms with E-state index in [-0.39, 0.29) is 11.6 Å². The summed E-state index contributed by atoms with van der Waals surface area (Å²) < 4.78 is 27.4. The molecule has 0 radical (unpaired) electrons. The number of alkyl halides is 1. The van der Waals surface area contributed by atoms with Gasteiger partial charge in [-0.3, -0.25) is 0 Å². The molecule has 6 heteroatoms. The Morgan fingerprint density at radius 3 is 2.87 bits per heavy atom. The van der Waals surface area contributed by atoms with Crippen LogP contribution in [-0.4, -0.2) is 15.0 Å². The Morgan fingerprint density at radius 1 is 1.33 bits per heavy atom. The number of rotatable bonds is 2. The van der Waals surface area contributed by atoms with Crippen LogP contribution < -0.4 is 0 Å². The van der Waals surface area contributed by atoms with Crippen molar-refractivity contribution in [3.63, 3.8) is 0 Å². The van der Waals surface area contributed by atoms with E-state index in [1.807, 2.05) is 0 Å². The second kappa shape index (κ2) is 3.94. The smallest absolute Gasteiger partial charge is 0.149 e. The van der Waals surface area contributed by atoms with Crippen LogP contribution in [0.1, 0.15) is 5.69 Å². The maximum atomic E-state index is 13.4. The van der Waals surface area contributed by atoms with Crippen LogP contribution in [0.15, 0.2) is 24.4 Å². The number of hydrogen-bond acceptors (Lipinski definition) is 2. The highest BCUT2D eigenvalue weighted by Gasteiger charge is 2.10. The summed E-state index contributed by atoms with van der Waals surface area (Å²) in [5.41, 5.74) is 0.504. The average molecular weight is 230 g/mol. The highest BCUT2D eigenvalue weighted by molar-refractivity contribution is 6.16. The van der Waals surface area contributed by atoms with Crippen molar-refractivity contribution in [3.8, 4) is 5.69 Å². The second-order valence-electron chi connectivity index (χ2n) is 2.87. The van der Waals surface area contributed by atoms with E-state index in [0.717, 1.165) is 18.2 Å². The van der Waals surface area contributed by atoms with Crippen LogP contribution in [0, 0.1) is 11.6 Å². The fourth-order valence-corrected chi connectivity index (χ4v) is 1.38. The first-order chi connectivity index (χ1) is 7.22. The van der Waals surface area contributed by atoms with Crippen molar-refractivity contribution >= 4 is 11.6 Å². The number of hydrogen-bond donors (Lipinski definition) is 0. The van der Waals surface area contributed by atoms with E-state index in [9.17, 15) is 8.78 Å². The van der Waals surface area contributed by atoms with Gasteiger partial charge < -0.3 is 0 Å². The SMILES string of the molecule is Fc1ccc(F)c(-n2nncc2CCl)c1. The minimum Gasteiger partial charge on any atom is -0.213 e. The van der Waals surface area contributed by atoms with Gasteiger partial charge in [-0.15, -0.1) is 16.7 Å². The lowest BCUT2D eigenvalue weighted by atomic mass is 10.3. The second-order valence-corrected chi connectivity index (χ2v) is 3.13. The van der Waals surface area contributed by atoms with Crippen molar-refractivity contribution < 1.29 is 8.78 Å². The summed E-state index contributed by atoms with van der Waals surface area (Å²) in [5, 5.41) is 7.21. The summed E-state index contributed by atoms with van der Waals surface area (Å²) in [6.45, 7) is 0. The van der Waals surface area contributed by atoms with Crippen LogP contribution in [-0.2, 0) is 5.88 Å². The maximum Gasteiger partial charge on any atom is 0.149 e. The zero-order valence-electron chi connectivity index (χ0n) is 7.49. The van der Waals surface area contributed by atoms with Crippen LogP contribution in [0.3, 0.4) is 0 Å². The van der Waals surface area contributed by atoms with Gasteiger partial charge in [-0.2, -0.15) is 0 Å². The Labute approximate surface area is 89.3 Å². The molecular weight excluding hydrogens is 224 g/mol. The summed E-state index contributed by atoms with van der Waals surface area (Å²) in [6, 6.07) is 3.11. The maximum absolute atomic E-state index is 13.4. The molecule has 3 nitrogen and oxygen atoms in total. The molecule has 0 fully saturated rings. The molecule has 1 heterocycles. The Morgan fingerprint density at radius 2 is 2.13 bits per heavy atom. The van der Waals surface area contributed by atoms with Gasteiger partial charge in [0.1, 0.15) is 17.3 Å². The standard InChI is InChI=1S/C9H6ClF2N3/c10-4-7-5-13-14-15(7)9-3-6(11)1-2-8(9)12/h1-3,5H,4H2. The summed E-state index contributed by atoms with van der Waals surface area (Å²) in [5.74, 6) is -0.987. The first kappa shape index (κ1) is 10.0. The van der Waals surface area contributed by atoms with E-state index in [1.165, 1.54) is 10.9 Å². The molecule has 2 rings (SSSR count). The Balaban J connectivity index is 2.58. The number of aromatic nitrogens is 3. The van der Waals surface area contributed by atoms with Crippen LogP contribution in [0.4, 0.5) is 8.78 Å². The molecule has 2 aromatic rings. The fraction of sp³-hybridized carbons (Fsp3) is 0.111. The predicted molar refractivity (Wildman–Crippen MR) is 50.8 cm³/mol. The molecule has 0 aliphatic carbocycles. The Hall–Kier alpha value is -1.49. The molecule has 1 aromatic carbocycles. The molecule has 0 N–H and O–H groups in total.